The number of anilines is 1. The Bertz CT molecular complexity index is 1070. The number of nitrogens with zero attached hydrogens (tertiary/aromatic N) is 3. The normalized spacial score (nSPS) is 11.4. The van der Waals surface area contributed by atoms with E-state index in [4.69, 9.17) is 16.3 Å². The third-order valence-corrected chi connectivity index (χ3v) is 5.48. The molecule has 0 aliphatic rings. The molecule has 1 N–H and O–H groups in total. The number of alkyl halides is 3. The Kier molecular flexibility index (Phi) is 7.11. The average Bonchev–Trinajstić information content (AvgIpc) is 3.14. The molecule has 1 heterocycles. The van der Waals surface area contributed by atoms with Crippen LogP contribution in [0.3, 0.4) is 0 Å². The predicted octanol–water partition coefficient (Wildman–Crippen LogP) is 5.38. The van der Waals surface area contributed by atoms with Gasteiger partial charge in [0.15, 0.2) is 11.0 Å². The minimum absolute atomic E-state index is 0.0887. The molecule has 0 unspecified atom stereocenters. The van der Waals surface area contributed by atoms with Crippen molar-refractivity contribution in [3.05, 3.63) is 53.1 Å². The molecule has 6 nitrogen and oxygen atoms in total. The molecule has 0 aliphatic carbocycles. The Hall–Kier alpha value is -2.72. The molecule has 0 radical (unpaired) electrons. The summed E-state index contributed by atoms with van der Waals surface area (Å²) in [5.74, 6) is 0.554. The number of hydrogen-bond donors (Lipinski definition) is 1. The van der Waals surface area contributed by atoms with Gasteiger partial charge < -0.3 is 14.6 Å². The monoisotopic (exact) mass is 470 g/mol. The van der Waals surface area contributed by atoms with E-state index in [0.717, 1.165) is 35.5 Å². The molecule has 1 amide bonds. The molecule has 1 aromatic heterocycles. The Labute approximate surface area is 185 Å². The number of carbonyl (C=O) groups excluding carboxylic acids is 1. The van der Waals surface area contributed by atoms with E-state index in [0.29, 0.717) is 23.3 Å². The number of hydrogen-bond acceptors (Lipinski definition) is 5. The predicted molar refractivity (Wildman–Crippen MR) is 113 cm³/mol. The maximum absolute atomic E-state index is 13.2. The summed E-state index contributed by atoms with van der Waals surface area (Å²) in [4.78, 5) is 12.3. The second kappa shape index (κ2) is 9.61. The van der Waals surface area contributed by atoms with Crippen molar-refractivity contribution < 1.29 is 22.7 Å². The van der Waals surface area contributed by atoms with Crippen molar-refractivity contribution in [2.75, 3.05) is 18.2 Å². The molecule has 3 aromatic rings. The van der Waals surface area contributed by atoms with Crippen LogP contribution in [-0.2, 0) is 17.5 Å². The van der Waals surface area contributed by atoms with Gasteiger partial charge >= 0.3 is 6.18 Å². The maximum Gasteiger partial charge on any atom is 0.418 e. The Morgan fingerprint density at radius 3 is 2.52 bits per heavy atom. The van der Waals surface area contributed by atoms with Crippen molar-refractivity contribution >= 4 is 35.0 Å². The lowest BCUT2D eigenvalue weighted by atomic mass is 10.1. The first kappa shape index (κ1) is 23.0. The number of rotatable bonds is 7. The van der Waals surface area contributed by atoms with Crippen LogP contribution in [0.5, 0.6) is 5.75 Å². The van der Waals surface area contributed by atoms with Crippen LogP contribution in [0.2, 0.25) is 5.02 Å². The number of methoxy groups -OCH3 is 1. The third kappa shape index (κ3) is 5.50. The van der Waals surface area contributed by atoms with E-state index < -0.39 is 17.6 Å². The average molecular weight is 471 g/mol. The van der Waals surface area contributed by atoms with Crippen LogP contribution in [0.25, 0.3) is 11.4 Å². The minimum atomic E-state index is -4.62. The van der Waals surface area contributed by atoms with Crippen LogP contribution in [-0.4, -0.2) is 33.5 Å². The molecule has 3 rings (SSSR count). The summed E-state index contributed by atoms with van der Waals surface area (Å²) in [7, 11) is 1.57. The molecule has 11 heteroatoms. The Morgan fingerprint density at radius 1 is 1.19 bits per heavy atom. The van der Waals surface area contributed by atoms with Crippen molar-refractivity contribution in [3.63, 3.8) is 0 Å². The van der Waals surface area contributed by atoms with Gasteiger partial charge in [0.2, 0.25) is 5.91 Å². The second-order valence-corrected chi connectivity index (χ2v) is 7.68. The Morgan fingerprint density at radius 2 is 1.90 bits per heavy atom. The highest BCUT2D eigenvalue weighted by Gasteiger charge is 2.34. The number of benzene rings is 2. The zero-order valence-corrected chi connectivity index (χ0v) is 18.1. The lowest BCUT2D eigenvalue weighted by molar-refractivity contribution is -0.137. The number of aromatic nitrogens is 3. The highest BCUT2D eigenvalue weighted by Crippen LogP contribution is 2.36. The number of ether oxygens (including phenoxy) is 1. The van der Waals surface area contributed by atoms with Crippen molar-refractivity contribution in [1.29, 1.82) is 0 Å². The smallest absolute Gasteiger partial charge is 0.418 e. The topological polar surface area (TPSA) is 69.0 Å². The van der Waals surface area contributed by atoms with Gasteiger partial charge in [-0.05, 0) is 49.4 Å². The van der Waals surface area contributed by atoms with E-state index in [9.17, 15) is 18.0 Å². The zero-order chi connectivity index (χ0) is 22.6. The summed E-state index contributed by atoms with van der Waals surface area (Å²) in [6.07, 6.45) is -4.62. The zero-order valence-electron chi connectivity index (χ0n) is 16.5. The van der Waals surface area contributed by atoms with Crippen LogP contribution < -0.4 is 10.1 Å². The van der Waals surface area contributed by atoms with Crippen molar-refractivity contribution in [2.45, 2.75) is 24.8 Å². The van der Waals surface area contributed by atoms with Gasteiger partial charge in [0.1, 0.15) is 5.75 Å². The molecule has 0 saturated heterocycles. The number of thioether (sulfide) groups is 1. The molecule has 0 saturated carbocycles. The highest BCUT2D eigenvalue weighted by molar-refractivity contribution is 7.99. The first-order valence-corrected chi connectivity index (χ1v) is 10.5. The van der Waals surface area contributed by atoms with E-state index >= 15 is 0 Å². The summed E-state index contributed by atoms with van der Waals surface area (Å²) < 4.78 is 46.5. The summed E-state index contributed by atoms with van der Waals surface area (Å²) in [5.41, 5.74) is -0.532. The number of amides is 1. The van der Waals surface area contributed by atoms with Crippen molar-refractivity contribution in [1.82, 2.24) is 14.8 Å². The SMILES string of the molecule is CCn1c(SCC(=O)Nc2cc(Cl)ccc2C(F)(F)F)nnc1-c1ccc(OC)cc1. The van der Waals surface area contributed by atoms with Crippen LogP contribution in [0.15, 0.2) is 47.6 Å². The summed E-state index contributed by atoms with van der Waals surface area (Å²) in [5, 5.41) is 11.2. The molecule has 0 spiro atoms. The van der Waals surface area contributed by atoms with E-state index in [2.05, 4.69) is 15.5 Å². The molecule has 0 atom stereocenters. The fraction of sp³-hybridized carbons (Fsp3) is 0.250. The fourth-order valence-electron chi connectivity index (χ4n) is 2.82. The molecular weight excluding hydrogens is 453 g/mol. The lowest BCUT2D eigenvalue weighted by Crippen LogP contribution is -2.18. The van der Waals surface area contributed by atoms with Crippen LogP contribution in [0.1, 0.15) is 12.5 Å². The van der Waals surface area contributed by atoms with Crippen LogP contribution >= 0.6 is 23.4 Å². The summed E-state index contributed by atoms with van der Waals surface area (Å²) in [6.45, 7) is 2.45. The lowest BCUT2D eigenvalue weighted by Gasteiger charge is -2.14. The highest BCUT2D eigenvalue weighted by atomic mass is 35.5. The van der Waals surface area contributed by atoms with Crippen molar-refractivity contribution in [2.24, 2.45) is 0 Å². The molecule has 31 heavy (non-hydrogen) atoms. The fourth-order valence-corrected chi connectivity index (χ4v) is 3.79. The van der Waals surface area contributed by atoms with E-state index in [1.54, 1.807) is 19.2 Å². The molecule has 2 aromatic carbocycles. The van der Waals surface area contributed by atoms with Crippen LogP contribution in [0, 0.1) is 0 Å². The van der Waals surface area contributed by atoms with Gasteiger partial charge in [-0.25, -0.2) is 0 Å². The molecular formula is C20H18ClF3N4O2S. The first-order chi connectivity index (χ1) is 14.7. The van der Waals surface area contributed by atoms with Gasteiger partial charge in [-0.15, -0.1) is 10.2 Å². The molecule has 0 aliphatic heterocycles. The largest absolute Gasteiger partial charge is 0.497 e. The van der Waals surface area contributed by atoms with Crippen LogP contribution in [0.4, 0.5) is 18.9 Å². The summed E-state index contributed by atoms with van der Waals surface area (Å²) in [6, 6.07) is 10.3. The maximum atomic E-state index is 13.2. The van der Waals surface area contributed by atoms with Crippen molar-refractivity contribution in [3.8, 4) is 17.1 Å². The third-order valence-electron chi connectivity index (χ3n) is 4.27. The van der Waals surface area contributed by atoms with Gasteiger partial charge in [0, 0.05) is 17.1 Å². The van der Waals surface area contributed by atoms with Gasteiger partial charge in [0.05, 0.1) is 24.1 Å². The molecule has 0 fully saturated rings. The standard InChI is InChI=1S/C20H18ClF3N4O2S/c1-3-28-18(12-4-7-14(30-2)8-5-12)26-27-19(28)31-11-17(29)25-16-10-13(21)6-9-15(16)20(22,23)24/h4-10H,3,11H2,1-2H3,(H,25,29). The number of carbonyl (C=O) groups is 1. The Balaban J connectivity index is 1.73. The molecule has 164 valence electrons. The van der Waals surface area contributed by atoms with Gasteiger partial charge in [-0.2, -0.15) is 13.2 Å². The quantitative estimate of drug-likeness (QED) is 0.470. The number of nitrogens with one attached hydrogen (secondary N) is 1. The summed E-state index contributed by atoms with van der Waals surface area (Å²) >= 11 is 6.87. The second-order valence-electron chi connectivity index (χ2n) is 6.30. The van der Waals surface area contributed by atoms with E-state index in [1.165, 1.54) is 0 Å². The van der Waals surface area contributed by atoms with Gasteiger partial charge in [0.25, 0.3) is 0 Å². The van der Waals surface area contributed by atoms with E-state index in [-0.39, 0.29) is 16.5 Å². The first-order valence-electron chi connectivity index (χ1n) is 9.10. The van der Waals surface area contributed by atoms with E-state index in [1.807, 2.05) is 23.6 Å². The van der Waals surface area contributed by atoms with Gasteiger partial charge in [-0.3, -0.25) is 4.79 Å². The minimum Gasteiger partial charge on any atom is -0.497 e. The molecule has 0 bridgehead atoms. The van der Waals surface area contributed by atoms with Gasteiger partial charge in [-0.1, -0.05) is 23.4 Å². The number of halogens is 4.